The smallest absolute Gasteiger partial charge is 0.212 e. The number of aromatic nitrogens is 5. The number of rotatable bonds is 4. The van der Waals surface area contributed by atoms with Crippen molar-refractivity contribution < 1.29 is 14.2 Å². The average Bonchev–Trinajstić information content (AvgIpc) is 3.17. The van der Waals surface area contributed by atoms with Gasteiger partial charge in [0.1, 0.15) is 17.1 Å². The zero-order valence-corrected chi connectivity index (χ0v) is 15.8. The van der Waals surface area contributed by atoms with Crippen LogP contribution >= 0.6 is 0 Å². The Kier molecular flexibility index (Phi) is 4.03. The maximum absolute atomic E-state index is 13.9. The lowest BCUT2D eigenvalue weighted by Gasteiger charge is -2.15. The third-order valence-corrected chi connectivity index (χ3v) is 4.56. The lowest BCUT2D eigenvalue weighted by molar-refractivity contribution is 0.135. The Morgan fingerprint density at radius 3 is 2.74 bits per heavy atom. The van der Waals surface area contributed by atoms with Crippen LogP contribution in [0.15, 0.2) is 24.3 Å². The second-order valence-electron chi connectivity index (χ2n) is 7.56. The van der Waals surface area contributed by atoms with Crippen molar-refractivity contribution in [2.75, 3.05) is 0 Å². The van der Waals surface area contributed by atoms with E-state index in [4.69, 9.17) is 4.74 Å². The quantitative estimate of drug-likeness (QED) is 0.763. The van der Waals surface area contributed by atoms with Crippen LogP contribution in [0.3, 0.4) is 0 Å². The lowest BCUT2D eigenvalue weighted by atomic mass is 9.98. The highest BCUT2D eigenvalue weighted by molar-refractivity contribution is 5.66. The molecule has 1 N–H and O–H groups in total. The topological polar surface area (TPSA) is 78.0 Å². The van der Waals surface area contributed by atoms with Crippen molar-refractivity contribution in [1.29, 1.82) is 0 Å². The van der Waals surface area contributed by atoms with Crippen molar-refractivity contribution in [3.8, 4) is 17.1 Å². The minimum Gasteiger partial charge on any atom is -0.470 e. The number of halogens is 1. The van der Waals surface area contributed by atoms with Gasteiger partial charge in [0.05, 0.1) is 24.0 Å². The van der Waals surface area contributed by atoms with Crippen LogP contribution in [-0.4, -0.2) is 35.5 Å². The molecule has 0 bridgehead atoms. The highest BCUT2D eigenvalue weighted by Gasteiger charge is 2.31. The van der Waals surface area contributed by atoms with Crippen molar-refractivity contribution in [1.82, 2.24) is 24.8 Å². The molecule has 3 heterocycles. The molecule has 0 saturated carbocycles. The van der Waals surface area contributed by atoms with E-state index in [0.29, 0.717) is 35.5 Å². The SMILES string of the molecule is C[C@@H](O)c1ccc(F)cc1-c1nn(C)nc1Cc1cc2n(n1)CC(C)(C)O2. The van der Waals surface area contributed by atoms with E-state index in [-0.39, 0.29) is 11.4 Å². The summed E-state index contributed by atoms with van der Waals surface area (Å²) in [5.74, 6) is 0.346. The number of ether oxygens (including phenoxy) is 1. The molecule has 1 aliphatic heterocycles. The van der Waals surface area contributed by atoms with Crippen LogP contribution in [0.4, 0.5) is 4.39 Å². The van der Waals surface area contributed by atoms with E-state index in [2.05, 4.69) is 15.3 Å². The Morgan fingerprint density at radius 2 is 2.04 bits per heavy atom. The van der Waals surface area contributed by atoms with Crippen LogP contribution in [-0.2, 0) is 20.0 Å². The van der Waals surface area contributed by atoms with Crippen LogP contribution in [0.2, 0.25) is 0 Å². The molecule has 0 saturated heterocycles. The molecular weight excluding hydrogens is 349 g/mol. The number of aliphatic hydroxyl groups is 1. The molecule has 0 aliphatic carbocycles. The van der Waals surface area contributed by atoms with Gasteiger partial charge in [-0.1, -0.05) is 6.07 Å². The molecule has 2 aromatic heterocycles. The molecule has 0 spiro atoms. The van der Waals surface area contributed by atoms with Gasteiger partial charge in [-0.15, -0.1) is 0 Å². The van der Waals surface area contributed by atoms with Gasteiger partial charge in [0.15, 0.2) is 0 Å². The molecule has 1 aliphatic rings. The Bertz CT molecular complexity index is 980. The van der Waals surface area contributed by atoms with Crippen LogP contribution in [0.1, 0.15) is 43.8 Å². The summed E-state index contributed by atoms with van der Waals surface area (Å²) in [6, 6.07) is 6.19. The van der Waals surface area contributed by atoms with Gasteiger partial charge in [-0.3, -0.25) is 0 Å². The van der Waals surface area contributed by atoms with E-state index >= 15 is 0 Å². The van der Waals surface area contributed by atoms with E-state index < -0.39 is 6.10 Å². The van der Waals surface area contributed by atoms with Gasteiger partial charge in [0.2, 0.25) is 5.88 Å². The van der Waals surface area contributed by atoms with E-state index in [0.717, 1.165) is 11.6 Å². The standard InChI is InChI=1S/C19H22FN5O2/c1-11(26)14-6-5-12(20)7-15(14)18-16(22-24(4)23-18)8-13-9-17-25(21-13)10-19(2,3)27-17/h5-7,9,11,26H,8,10H2,1-4H3/t11-/m1/s1. The summed E-state index contributed by atoms with van der Waals surface area (Å²) in [6.45, 7) is 6.37. The number of nitrogens with zero attached hydrogens (tertiary/aromatic N) is 5. The molecular formula is C19H22FN5O2. The monoisotopic (exact) mass is 371 g/mol. The van der Waals surface area contributed by atoms with Crippen LogP contribution in [0, 0.1) is 5.82 Å². The zero-order chi connectivity index (χ0) is 19.3. The first-order valence-electron chi connectivity index (χ1n) is 8.86. The van der Waals surface area contributed by atoms with Gasteiger partial charge < -0.3 is 9.84 Å². The maximum atomic E-state index is 13.9. The maximum Gasteiger partial charge on any atom is 0.212 e. The third kappa shape index (κ3) is 3.32. The fourth-order valence-corrected chi connectivity index (χ4v) is 3.45. The summed E-state index contributed by atoms with van der Waals surface area (Å²) in [7, 11) is 1.72. The predicted molar refractivity (Wildman–Crippen MR) is 96.8 cm³/mol. The molecule has 7 nitrogen and oxygen atoms in total. The average molecular weight is 371 g/mol. The predicted octanol–water partition coefficient (Wildman–Crippen LogP) is 2.63. The fourth-order valence-electron chi connectivity index (χ4n) is 3.45. The summed E-state index contributed by atoms with van der Waals surface area (Å²) in [5.41, 5.74) is 2.90. The van der Waals surface area contributed by atoms with Crippen molar-refractivity contribution >= 4 is 0 Å². The van der Waals surface area contributed by atoms with E-state index in [9.17, 15) is 9.50 Å². The van der Waals surface area contributed by atoms with E-state index in [1.807, 2.05) is 24.6 Å². The molecule has 0 fully saturated rings. The van der Waals surface area contributed by atoms with Gasteiger partial charge in [-0.25, -0.2) is 9.07 Å². The first kappa shape index (κ1) is 17.7. The fraction of sp³-hybridized carbons (Fsp3) is 0.421. The summed E-state index contributed by atoms with van der Waals surface area (Å²) in [5, 5.41) is 23.5. The van der Waals surface area contributed by atoms with Gasteiger partial charge in [-0.05, 0) is 38.5 Å². The first-order valence-corrected chi connectivity index (χ1v) is 8.86. The molecule has 4 rings (SSSR count). The van der Waals surface area contributed by atoms with E-state index in [1.165, 1.54) is 16.9 Å². The molecule has 8 heteroatoms. The number of hydrogen-bond donors (Lipinski definition) is 1. The molecule has 142 valence electrons. The van der Waals surface area contributed by atoms with Crippen molar-refractivity contribution in [3.05, 3.63) is 47.0 Å². The Labute approximate surface area is 156 Å². The summed E-state index contributed by atoms with van der Waals surface area (Å²) in [6.07, 6.45) is -0.314. The van der Waals surface area contributed by atoms with Crippen molar-refractivity contribution in [3.63, 3.8) is 0 Å². The van der Waals surface area contributed by atoms with Gasteiger partial charge >= 0.3 is 0 Å². The van der Waals surface area contributed by atoms with Crippen LogP contribution < -0.4 is 4.74 Å². The number of aryl methyl sites for hydroxylation is 1. The second-order valence-corrected chi connectivity index (χ2v) is 7.56. The number of hydrogen-bond acceptors (Lipinski definition) is 5. The largest absolute Gasteiger partial charge is 0.470 e. The van der Waals surface area contributed by atoms with Crippen LogP contribution in [0.25, 0.3) is 11.3 Å². The molecule has 1 aromatic carbocycles. The first-order chi connectivity index (χ1) is 12.7. The van der Waals surface area contributed by atoms with E-state index in [1.54, 1.807) is 20.0 Å². The molecule has 27 heavy (non-hydrogen) atoms. The Balaban J connectivity index is 1.71. The van der Waals surface area contributed by atoms with Gasteiger partial charge in [0, 0.05) is 25.1 Å². The lowest BCUT2D eigenvalue weighted by Crippen LogP contribution is -2.26. The third-order valence-electron chi connectivity index (χ3n) is 4.56. The van der Waals surface area contributed by atoms with Crippen molar-refractivity contribution in [2.45, 2.75) is 45.4 Å². The Morgan fingerprint density at radius 1 is 1.26 bits per heavy atom. The number of aliphatic hydroxyl groups excluding tert-OH is 1. The second kappa shape index (κ2) is 6.16. The number of benzene rings is 1. The zero-order valence-electron chi connectivity index (χ0n) is 15.8. The number of fused-ring (bicyclic) bond motifs is 1. The molecule has 0 radical (unpaired) electrons. The minimum atomic E-state index is -0.748. The highest BCUT2D eigenvalue weighted by atomic mass is 19.1. The Hall–Kier alpha value is -2.74. The normalized spacial score (nSPS) is 16.2. The van der Waals surface area contributed by atoms with Crippen molar-refractivity contribution in [2.24, 2.45) is 7.05 Å². The van der Waals surface area contributed by atoms with Crippen LogP contribution in [0.5, 0.6) is 5.88 Å². The summed E-state index contributed by atoms with van der Waals surface area (Å²) in [4.78, 5) is 1.45. The van der Waals surface area contributed by atoms with Gasteiger partial charge in [0.25, 0.3) is 0 Å². The van der Waals surface area contributed by atoms with Gasteiger partial charge in [-0.2, -0.15) is 20.1 Å². The highest BCUT2D eigenvalue weighted by Crippen LogP contribution is 2.32. The summed E-state index contributed by atoms with van der Waals surface area (Å²) >= 11 is 0. The minimum absolute atomic E-state index is 0.258. The molecule has 3 aromatic rings. The molecule has 1 atom stereocenters. The molecule has 0 unspecified atom stereocenters. The summed E-state index contributed by atoms with van der Waals surface area (Å²) < 4.78 is 21.6. The molecule has 0 amide bonds.